The summed E-state index contributed by atoms with van der Waals surface area (Å²) in [6, 6.07) is 13.3. The lowest BCUT2D eigenvalue weighted by atomic mass is 10.0. The minimum Gasteiger partial charge on any atom is -0.248 e. The molecular weight excluding hydrogens is 312 g/mol. The Morgan fingerprint density at radius 3 is 2.67 bits per heavy atom. The smallest absolute Gasteiger partial charge is 0.101 e. The monoisotopic (exact) mass is 316 g/mol. The zero-order valence-electron chi connectivity index (χ0n) is 9.11. The van der Waals surface area contributed by atoms with Crippen molar-refractivity contribution in [2.75, 3.05) is 0 Å². The molecule has 0 fully saturated rings. The maximum absolute atomic E-state index is 9.36. The van der Waals surface area contributed by atoms with Gasteiger partial charge in [-0.2, -0.15) is 5.26 Å². The summed E-state index contributed by atoms with van der Waals surface area (Å²) in [5.74, 6) is 0. The third kappa shape index (κ3) is 1.74. The van der Waals surface area contributed by atoms with Crippen LogP contribution in [0.2, 0.25) is 5.02 Å². The van der Waals surface area contributed by atoms with Crippen LogP contribution < -0.4 is 0 Å². The molecule has 0 atom stereocenters. The molecule has 0 saturated heterocycles. The molecule has 0 saturated carbocycles. The first-order valence-corrected chi connectivity index (χ1v) is 6.45. The van der Waals surface area contributed by atoms with Gasteiger partial charge in [-0.25, -0.2) is 4.98 Å². The van der Waals surface area contributed by atoms with Crippen molar-refractivity contribution in [1.82, 2.24) is 4.98 Å². The molecule has 2 aromatic carbocycles. The van der Waals surface area contributed by atoms with Crippen LogP contribution in [0.3, 0.4) is 0 Å². The maximum atomic E-state index is 9.36. The van der Waals surface area contributed by atoms with Crippen LogP contribution in [0, 0.1) is 11.3 Å². The van der Waals surface area contributed by atoms with E-state index in [9.17, 15) is 5.26 Å². The van der Waals surface area contributed by atoms with E-state index in [1.54, 1.807) is 12.1 Å². The summed E-state index contributed by atoms with van der Waals surface area (Å²) in [6.07, 6.45) is 0. The highest BCUT2D eigenvalue weighted by molar-refractivity contribution is 9.10. The van der Waals surface area contributed by atoms with Crippen LogP contribution in [0.1, 0.15) is 5.56 Å². The Labute approximate surface area is 117 Å². The van der Waals surface area contributed by atoms with Gasteiger partial charge in [0.1, 0.15) is 6.07 Å². The molecule has 86 valence electrons. The fraction of sp³-hybridized carbons (Fsp3) is 0. The van der Waals surface area contributed by atoms with Crippen LogP contribution in [0.25, 0.3) is 21.8 Å². The van der Waals surface area contributed by atoms with Crippen LogP contribution in [-0.4, -0.2) is 4.98 Å². The second kappa shape index (κ2) is 4.24. The number of nitriles is 1. The minimum absolute atomic E-state index is 0.609. The topological polar surface area (TPSA) is 36.7 Å². The van der Waals surface area contributed by atoms with E-state index in [0.717, 1.165) is 26.3 Å². The summed E-state index contributed by atoms with van der Waals surface area (Å²) in [4.78, 5) is 4.55. The van der Waals surface area contributed by atoms with E-state index in [0.29, 0.717) is 10.6 Å². The van der Waals surface area contributed by atoms with E-state index in [2.05, 4.69) is 27.0 Å². The van der Waals surface area contributed by atoms with E-state index < -0.39 is 0 Å². The Bertz CT molecular complexity index is 821. The predicted molar refractivity (Wildman–Crippen MR) is 76.7 cm³/mol. The molecular formula is C14H6BrClN2. The van der Waals surface area contributed by atoms with Gasteiger partial charge in [0.2, 0.25) is 0 Å². The summed E-state index contributed by atoms with van der Waals surface area (Å²) in [7, 11) is 0. The number of fused-ring (bicyclic) bond motifs is 2. The van der Waals surface area contributed by atoms with Gasteiger partial charge in [-0.3, -0.25) is 0 Å². The molecule has 1 heterocycles. The molecule has 0 aliphatic carbocycles. The van der Waals surface area contributed by atoms with Crippen molar-refractivity contribution in [3.8, 4) is 6.07 Å². The number of hydrogen-bond donors (Lipinski definition) is 0. The molecule has 1 aromatic heterocycles. The second-order valence-electron chi connectivity index (χ2n) is 3.92. The Hall–Kier alpha value is -1.63. The molecule has 0 amide bonds. The number of halogens is 2. The number of rotatable bonds is 0. The molecule has 3 rings (SSSR count). The van der Waals surface area contributed by atoms with Crippen molar-refractivity contribution in [3.63, 3.8) is 0 Å². The van der Waals surface area contributed by atoms with E-state index in [1.165, 1.54) is 0 Å². The van der Waals surface area contributed by atoms with E-state index >= 15 is 0 Å². The molecule has 0 spiro atoms. The predicted octanol–water partition coefficient (Wildman–Crippen LogP) is 4.68. The van der Waals surface area contributed by atoms with Crippen molar-refractivity contribution in [2.45, 2.75) is 0 Å². The summed E-state index contributed by atoms with van der Waals surface area (Å²) >= 11 is 9.39. The first-order chi connectivity index (χ1) is 8.69. The van der Waals surface area contributed by atoms with Crippen LogP contribution >= 0.6 is 27.5 Å². The molecule has 4 heteroatoms. The quantitative estimate of drug-likeness (QED) is 0.565. The molecule has 0 radical (unpaired) electrons. The summed E-state index contributed by atoms with van der Waals surface area (Å²) in [5, 5.41) is 11.6. The zero-order chi connectivity index (χ0) is 12.7. The Morgan fingerprint density at radius 1 is 1.06 bits per heavy atom. The third-order valence-corrected chi connectivity index (χ3v) is 3.54. The number of benzene rings is 2. The molecule has 2 nitrogen and oxygen atoms in total. The lowest BCUT2D eigenvalue weighted by Crippen LogP contribution is -1.88. The lowest BCUT2D eigenvalue weighted by molar-refractivity contribution is 1.46. The van der Waals surface area contributed by atoms with Gasteiger partial charge in [0.05, 0.1) is 16.6 Å². The Kier molecular flexibility index (Phi) is 2.70. The summed E-state index contributed by atoms with van der Waals surface area (Å²) in [6.45, 7) is 0. The molecule has 0 N–H and O–H groups in total. The van der Waals surface area contributed by atoms with Gasteiger partial charge >= 0.3 is 0 Å². The van der Waals surface area contributed by atoms with Crippen LogP contribution in [0.15, 0.2) is 40.9 Å². The highest BCUT2D eigenvalue weighted by Crippen LogP contribution is 2.29. The average molecular weight is 318 g/mol. The molecule has 3 aromatic rings. The summed E-state index contributed by atoms with van der Waals surface area (Å²) in [5.41, 5.74) is 2.20. The molecule has 18 heavy (non-hydrogen) atoms. The number of nitrogens with zero attached hydrogens (tertiary/aromatic N) is 2. The van der Waals surface area contributed by atoms with Crippen molar-refractivity contribution < 1.29 is 0 Å². The first kappa shape index (κ1) is 11.5. The van der Waals surface area contributed by atoms with Gasteiger partial charge in [0, 0.05) is 20.3 Å². The standard InChI is InChI=1S/C14H6BrClN2/c15-8-1-3-10-12(7-17)11-6-9(16)2-4-13(11)18-14(10)5-8/h1-6H. The number of hydrogen-bond acceptors (Lipinski definition) is 2. The van der Waals surface area contributed by atoms with Crippen LogP contribution in [0.4, 0.5) is 0 Å². The lowest BCUT2D eigenvalue weighted by Gasteiger charge is -2.05. The fourth-order valence-electron chi connectivity index (χ4n) is 2.01. The van der Waals surface area contributed by atoms with Gasteiger partial charge in [-0.05, 0) is 30.3 Å². The molecule has 0 bridgehead atoms. The van der Waals surface area contributed by atoms with Gasteiger partial charge in [-0.1, -0.05) is 33.6 Å². The average Bonchev–Trinajstić information content (AvgIpc) is 2.36. The zero-order valence-corrected chi connectivity index (χ0v) is 11.5. The van der Waals surface area contributed by atoms with E-state index in [-0.39, 0.29) is 0 Å². The largest absolute Gasteiger partial charge is 0.248 e. The van der Waals surface area contributed by atoms with Crippen molar-refractivity contribution >= 4 is 49.3 Å². The van der Waals surface area contributed by atoms with Crippen LogP contribution in [0.5, 0.6) is 0 Å². The van der Waals surface area contributed by atoms with Gasteiger partial charge in [0.15, 0.2) is 0 Å². The Balaban J connectivity index is 2.57. The van der Waals surface area contributed by atoms with Crippen molar-refractivity contribution in [1.29, 1.82) is 5.26 Å². The van der Waals surface area contributed by atoms with E-state index in [4.69, 9.17) is 11.6 Å². The fourth-order valence-corrected chi connectivity index (χ4v) is 2.53. The first-order valence-electron chi connectivity index (χ1n) is 5.27. The molecule has 0 aliphatic heterocycles. The number of aromatic nitrogens is 1. The molecule has 0 aliphatic rings. The highest BCUT2D eigenvalue weighted by Gasteiger charge is 2.09. The van der Waals surface area contributed by atoms with Crippen molar-refractivity contribution in [3.05, 3.63) is 51.5 Å². The highest BCUT2D eigenvalue weighted by atomic mass is 79.9. The maximum Gasteiger partial charge on any atom is 0.101 e. The van der Waals surface area contributed by atoms with Gasteiger partial charge in [0.25, 0.3) is 0 Å². The molecule has 0 unspecified atom stereocenters. The summed E-state index contributed by atoms with van der Waals surface area (Å²) < 4.78 is 0.944. The second-order valence-corrected chi connectivity index (χ2v) is 5.27. The van der Waals surface area contributed by atoms with Crippen molar-refractivity contribution in [2.24, 2.45) is 0 Å². The normalized spacial score (nSPS) is 10.7. The Morgan fingerprint density at radius 2 is 1.89 bits per heavy atom. The van der Waals surface area contributed by atoms with Gasteiger partial charge in [-0.15, -0.1) is 0 Å². The third-order valence-electron chi connectivity index (χ3n) is 2.81. The van der Waals surface area contributed by atoms with E-state index in [1.807, 2.05) is 24.3 Å². The number of pyridine rings is 1. The van der Waals surface area contributed by atoms with Gasteiger partial charge < -0.3 is 0 Å². The SMILES string of the molecule is N#Cc1c2ccc(Br)cc2nc2ccc(Cl)cc12. The van der Waals surface area contributed by atoms with Crippen LogP contribution in [-0.2, 0) is 0 Å². The minimum atomic E-state index is 0.609.